The Labute approximate surface area is 133 Å². The van der Waals surface area contributed by atoms with Gasteiger partial charge in [-0.15, -0.1) is 11.8 Å². The zero-order valence-electron chi connectivity index (χ0n) is 11.3. The molecule has 1 unspecified atom stereocenters. The molecule has 106 valence electrons. The maximum atomic E-state index is 10.0. The van der Waals surface area contributed by atoms with E-state index in [1.54, 1.807) is 11.8 Å². The molecule has 0 saturated heterocycles. The van der Waals surface area contributed by atoms with Crippen molar-refractivity contribution in [2.75, 3.05) is 5.75 Å². The topological polar surface area (TPSA) is 20.2 Å². The normalized spacial score (nSPS) is 12.3. The second kappa shape index (κ2) is 8.50. The van der Waals surface area contributed by atoms with Gasteiger partial charge in [-0.05, 0) is 49.1 Å². The van der Waals surface area contributed by atoms with E-state index in [2.05, 4.69) is 52.3 Å². The number of aliphatic hydroxyl groups is 1. The molecule has 1 N–H and O–H groups in total. The molecule has 0 spiro atoms. The van der Waals surface area contributed by atoms with Gasteiger partial charge in [0.25, 0.3) is 0 Å². The standard InChI is InChI=1S/C17H19BrOS/c18-15-9-11-17(12-10-15)20-13-16(19)8-4-7-14-5-2-1-3-6-14/h1-3,5-6,9-12,16,19H,4,7-8,13H2. The molecular formula is C17H19BrOS. The van der Waals surface area contributed by atoms with Crippen LogP contribution < -0.4 is 0 Å². The molecule has 0 radical (unpaired) electrons. The summed E-state index contributed by atoms with van der Waals surface area (Å²) in [7, 11) is 0. The Morgan fingerprint density at radius 3 is 2.40 bits per heavy atom. The van der Waals surface area contributed by atoms with Crippen LogP contribution in [0.3, 0.4) is 0 Å². The SMILES string of the molecule is OC(CCCc1ccccc1)CSc1ccc(Br)cc1. The molecule has 0 heterocycles. The fourth-order valence-corrected chi connectivity index (χ4v) is 3.14. The zero-order chi connectivity index (χ0) is 14.2. The van der Waals surface area contributed by atoms with Crippen LogP contribution in [-0.2, 0) is 6.42 Å². The van der Waals surface area contributed by atoms with Gasteiger partial charge in [-0.2, -0.15) is 0 Å². The van der Waals surface area contributed by atoms with Crippen LogP contribution in [0.5, 0.6) is 0 Å². The molecule has 0 saturated carbocycles. The Kier molecular flexibility index (Phi) is 6.64. The van der Waals surface area contributed by atoms with Gasteiger partial charge >= 0.3 is 0 Å². The van der Waals surface area contributed by atoms with Gasteiger partial charge in [-0.3, -0.25) is 0 Å². The van der Waals surface area contributed by atoms with Crippen molar-refractivity contribution in [1.29, 1.82) is 0 Å². The molecular weight excluding hydrogens is 332 g/mol. The van der Waals surface area contributed by atoms with E-state index in [1.165, 1.54) is 10.5 Å². The van der Waals surface area contributed by atoms with Crippen molar-refractivity contribution in [1.82, 2.24) is 0 Å². The van der Waals surface area contributed by atoms with Gasteiger partial charge < -0.3 is 5.11 Å². The molecule has 0 amide bonds. The van der Waals surface area contributed by atoms with Crippen molar-refractivity contribution in [2.24, 2.45) is 0 Å². The second-order valence-electron chi connectivity index (χ2n) is 4.80. The van der Waals surface area contributed by atoms with E-state index in [1.807, 2.05) is 18.2 Å². The third-order valence-corrected chi connectivity index (χ3v) is 4.79. The van der Waals surface area contributed by atoms with Gasteiger partial charge in [0.2, 0.25) is 0 Å². The van der Waals surface area contributed by atoms with Crippen molar-refractivity contribution >= 4 is 27.7 Å². The third kappa shape index (κ3) is 5.70. The fourth-order valence-electron chi connectivity index (χ4n) is 1.99. The van der Waals surface area contributed by atoms with Gasteiger partial charge in [-0.25, -0.2) is 0 Å². The van der Waals surface area contributed by atoms with Gasteiger partial charge in [0.15, 0.2) is 0 Å². The molecule has 0 aliphatic heterocycles. The smallest absolute Gasteiger partial charge is 0.0634 e. The first-order valence-corrected chi connectivity index (χ1v) is 8.62. The van der Waals surface area contributed by atoms with E-state index in [0.29, 0.717) is 0 Å². The first-order chi connectivity index (χ1) is 9.74. The molecule has 2 aromatic rings. The largest absolute Gasteiger partial charge is 0.392 e. The molecule has 0 bridgehead atoms. The molecule has 2 rings (SSSR count). The Bertz CT molecular complexity index is 498. The molecule has 0 aliphatic carbocycles. The zero-order valence-corrected chi connectivity index (χ0v) is 13.7. The highest BCUT2D eigenvalue weighted by Crippen LogP contribution is 2.22. The van der Waals surface area contributed by atoms with Crippen molar-refractivity contribution in [3.63, 3.8) is 0 Å². The first-order valence-electron chi connectivity index (χ1n) is 6.84. The lowest BCUT2D eigenvalue weighted by Crippen LogP contribution is -2.10. The summed E-state index contributed by atoms with van der Waals surface area (Å²) in [5.41, 5.74) is 1.35. The predicted molar refractivity (Wildman–Crippen MR) is 90.3 cm³/mol. The van der Waals surface area contributed by atoms with Crippen molar-refractivity contribution in [2.45, 2.75) is 30.3 Å². The van der Waals surface area contributed by atoms with Crippen LogP contribution in [0.2, 0.25) is 0 Å². The van der Waals surface area contributed by atoms with Crippen molar-refractivity contribution in [3.05, 3.63) is 64.6 Å². The molecule has 3 heteroatoms. The average molecular weight is 351 g/mol. The summed E-state index contributed by atoms with van der Waals surface area (Å²) >= 11 is 5.14. The molecule has 0 aromatic heterocycles. The average Bonchev–Trinajstić information content (AvgIpc) is 2.48. The predicted octanol–water partition coefficient (Wildman–Crippen LogP) is 4.93. The summed E-state index contributed by atoms with van der Waals surface area (Å²) in [6.45, 7) is 0. The minimum absolute atomic E-state index is 0.229. The summed E-state index contributed by atoms with van der Waals surface area (Å²) in [6, 6.07) is 18.7. The number of halogens is 1. The van der Waals surface area contributed by atoms with Gasteiger partial charge in [0, 0.05) is 15.1 Å². The van der Waals surface area contributed by atoms with E-state index in [-0.39, 0.29) is 6.10 Å². The highest BCUT2D eigenvalue weighted by Gasteiger charge is 2.05. The van der Waals surface area contributed by atoms with Crippen molar-refractivity contribution in [3.8, 4) is 0 Å². The number of hydrogen-bond donors (Lipinski definition) is 1. The molecule has 0 aliphatic rings. The monoisotopic (exact) mass is 350 g/mol. The fraction of sp³-hybridized carbons (Fsp3) is 0.294. The Hall–Kier alpha value is -0.770. The minimum atomic E-state index is -0.229. The van der Waals surface area contributed by atoms with Crippen LogP contribution in [0.4, 0.5) is 0 Å². The highest BCUT2D eigenvalue weighted by molar-refractivity contribution is 9.10. The minimum Gasteiger partial charge on any atom is -0.392 e. The Morgan fingerprint density at radius 2 is 1.70 bits per heavy atom. The van der Waals surface area contributed by atoms with E-state index < -0.39 is 0 Å². The molecule has 1 nitrogen and oxygen atoms in total. The van der Waals surface area contributed by atoms with Crippen LogP contribution in [0.15, 0.2) is 64.0 Å². The van der Waals surface area contributed by atoms with Gasteiger partial charge in [0.1, 0.15) is 0 Å². The maximum absolute atomic E-state index is 10.0. The second-order valence-corrected chi connectivity index (χ2v) is 6.81. The number of thioether (sulfide) groups is 1. The van der Waals surface area contributed by atoms with Gasteiger partial charge in [0.05, 0.1) is 6.10 Å². The summed E-state index contributed by atoms with van der Waals surface area (Å²) in [4.78, 5) is 1.20. The Morgan fingerprint density at radius 1 is 1.00 bits per heavy atom. The molecule has 1 atom stereocenters. The van der Waals surface area contributed by atoms with E-state index in [0.717, 1.165) is 29.5 Å². The highest BCUT2D eigenvalue weighted by atomic mass is 79.9. The van der Waals surface area contributed by atoms with Crippen LogP contribution in [0.1, 0.15) is 18.4 Å². The first kappa shape index (κ1) is 15.6. The van der Waals surface area contributed by atoms with E-state index in [9.17, 15) is 5.11 Å². The van der Waals surface area contributed by atoms with Crippen LogP contribution in [0, 0.1) is 0 Å². The van der Waals surface area contributed by atoms with E-state index in [4.69, 9.17) is 0 Å². The summed E-state index contributed by atoms with van der Waals surface area (Å²) in [6.07, 6.45) is 2.71. The van der Waals surface area contributed by atoms with E-state index >= 15 is 0 Å². The summed E-state index contributed by atoms with van der Waals surface area (Å²) < 4.78 is 1.09. The Balaban J connectivity index is 1.65. The number of aliphatic hydroxyl groups excluding tert-OH is 1. The summed E-state index contributed by atoms with van der Waals surface area (Å²) in [5.74, 6) is 0.760. The third-order valence-electron chi connectivity index (χ3n) is 3.10. The van der Waals surface area contributed by atoms with Crippen LogP contribution in [-0.4, -0.2) is 17.0 Å². The number of benzene rings is 2. The van der Waals surface area contributed by atoms with Gasteiger partial charge in [-0.1, -0.05) is 46.3 Å². The van der Waals surface area contributed by atoms with Crippen LogP contribution >= 0.6 is 27.7 Å². The lowest BCUT2D eigenvalue weighted by Gasteiger charge is -2.10. The molecule has 2 aromatic carbocycles. The molecule has 0 fully saturated rings. The number of aryl methyl sites for hydroxylation is 1. The van der Waals surface area contributed by atoms with Crippen molar-refractivity contribution < 1.29 is 5.11 Å². The lowest BCUT2D eigenvalue weighted by atomic mass is 10.1. The quantitative estimate of drug-likeness (QED) is 0.714. The maximum Gasteiger partial charge on any atom is 0.0634 e. The number of rotatable bonds is 7. The lowest BCUT2D eigenvalue weighted by molar-refractivity contribution is 0.186. The molecule has 20 heavy (non-hydrogen) atoms. The summed E-state index contributed by atoms with van der Waals surface area (Å²) in [5, 5.41) is 10.0. The van der Waals surface area contributed by atoms with Crippen LogP contribution in [0.25, 0.3) is 0 Å². The number of hydrogen-bond acceptors (Lipinski definition) is 2.